The molecule has 3 rings (SSSR count). The molecule has 2 aliphatic heterocycles. The average Bonchev–Trinajstić information content (AvgIpc) is 2.98. The molecule has 5 heteroatoms. The quantitative estimate of drug-likeness (QED) is 0.743. The summed E-state index contributed by atoms with van der Waals surface area (Å²) < 4.78 is 5.71. The van der Waals surface area contributed by atoms with Crippen molar-refractivity contribution < 1.29 is 14.3 Å². The number of rotatable bonds is 2. The molecule has 3 amide bonds. The highest BCUT2D eigenvalue weighted by Gasteiger charge is 2.45. The zero-order valence-electron chi connectivity index (χ0n) is 9.15. The van der Waals surface area contributed by atoms with E-state index in [-0.39, 0.29) is 24.1 Å². The van der Waals surface area contributed by atoms with Gasteiger partial charge in [-0.25, -0.2) is 4.79 Å². The van der Waals surface area contributed by atoms with Crippen molar-refractivity contribution in [3.63, 3.8) is 0 Å². The van der Waals surface area contributed by atoms with Crippen LogP contribution in [-0.4, -0.2) is 42.1 Å². The lowest BCUT2D eigenvalue weighted by atomic mass is 10.0. The fourth-order valence-corrected chi connectivity index (χ4v) is 2.70. The normalized spacial score (nSPS) is 35.4. The van der Waals surface area contributed by atoms with Crippen LogP contribution in [0.5, 0.6) is 0 Å². The Bertz CT molecular complexity index is 327. The predicted octanol–water partition coefficient (Wildman–Crippen LogP) is 0.496. The summed E-state index contributed by atoms with van der Waals surface area (Å²) in [4.78, 5) is 24.6. The molecule has 16 heavy (non-hydrogen) atoms. The smallest absolute Gasteiger partial charge is 0.324 e. The van der Waals surface area contributed by atoms with Crippen LogP contribution in [0.3, 0.4) is 0 Å². The van der Waals surface area contributed by atoms with Crippen LogP contribution in [0.25, 0.3) is 0 Å². The Morgan fingerprint density at radius 2 is 2.06 bits per heavy atom. The molecule has 5 nitrogen and oxygen atoms in total. The maximum absolute atomic E-state index is 11.7. The Labute approximate surface area is 94.1 Å². The Hall–Kier alpha value is -1.10. The van der Waals surface area contributed by atoms with Gasteiger partial charge in [0.15, 0.2) is 0 Å². The molecular formula is C11H16N2O3. The monoisotopic (exact) mass is 224 g/mol. The van der Waals surface area contributed by atoms with Gasteiger partial charge in [-0.3, -0.25) is 10.1 Å². The van der Waals surface area contributed by atoms with Gasteiger partial charge >= 0.3 is 6.03 Å². The first-order valence-electron chi connectivity index (χ1n) is 5.98. The Balaban J connectivity index is 1.71. The number of carbonyl (C=O) groups is 2. The Morgan fingerprint density at radius 3 is 2.75 bits per heavy atom. The van der Waals surface area contributed by atoms with Crippen LogP contribution in [-0.2, 0) is 9.53 Å². The van der Waals surface area contributed by atoms with Crippen molar-refractivity contribution in [1.82, 2.24) is 10.2 Å². The van der Waals surface area contributed by atoms with E-state index in [0.717, 1.165) is 13.0 Å². The summed E-state index contributed by atoms with van der Waals surface area (Å²) in [5, 5.41) is 2.38. The topological polar surface area (TPSA) is 58.6 Å². The maximum Gasteiger partial charge on any atom is 0.324 e. The first kappa shape index (κ1) is 10.1. The van der Waals surface area contributed by atoms with E-state index in [9.17, 15) is 9.59 Å². The summed E-state index contributed by atoms with van der Waals surface area (Å²) in [6.45, 7) is 1.28. The average molecular weight is 224 g/mol. The number of nitrogens with one attached hydrogen (secondary N) is 1. The van der Waals surface area contributed by atoms with E-state index in [2.05, 4.69) is 5.32 Å². The number of urea groups is 1. The minimum Gasteiger partial charge on any atom is -0.376 e. The fourth-order valence-electron chi connectivity index (χ4n) is 2.70. The number of nitrogens with zero attached hydrogens (tertiary/aromatic N) is 1. The van der Waals surface area contributed by atoms with Gasteiger partial charge in [0.2, 0.25) is 5.91 Å². The summed E-state index contributed by atoms with van der Waals surface area (Å²) in [5.41, 5.74) is 0. The van der Waals surface area contributed by atoms with Gasteiger partial charge in [0.25, 0.3) is 0 Å². The van der Waals surface area contributed by atoms with Crippen LogP contribution in [0.1, 0.15) is 25.7 Å². The van der Waals surface area contributed by atoms with Gasteiger partial charge in [-0.1, -0.05) is 0 Å². The Morgan fingerprint density at radius 1 is 1.25 bits per heavy atom. The predicted molar refractivity (Wildman–Crippen MR) is 55.7 cm³/mol. The number of amides is 3. The van der Waals surface area contributed by atoms with E-state index >= 15 is 0 Å². The second-order valence-electron chi connectivity index (χ2n) is 4.83. The molecule has 2 heterocycles. The molecule has 1 saturated carbocycles. The lowest BCUT2D eigenvalue weighted by Gasteiger charge is -2.34. The standard InChI is InChI=1S/C11H16N2O3/c14-9-3-5-13(11(15)12-9)8-4-6-16-10(8)7-1-2-7/h7-8,10H,1-6H2,(H,12,14,15). The number of imide groups is 1. The summed E-state index contributed by atoms with van der Waals surface area (Å²) in [5.74, 6) is 0.473. The molecule has 3 aliphatic rings. The molecule has 2 saturated heterocycles. The van der Waals surface area contributed by atoms with Gasteiger partial charge in [0.1, 0.15) is 0 Å². The molecule has 0 aromatic rings. The molecule has 0 bridgehead atoms. The lowest BCUT2D eigenvalue weighted by Crippen LogP contribution is -2.55. The SMILES string of the molecule is O=C1CCN(C2CCOC2C2CC2)C(=O)N1. The molecule has 3 fully saturated rings. The van der Waals surface area contributed by atoms with Crippen molar-refractivity contribution in [2.75, 3.05) is 13.2 Å². The van der Waals surface area contributed by atoms with Crippen molar-refractivity contribution in [2.24, 2.45) is 5.92 Å². The molecule has 2 atom stereocenters. The van der Waals surface area contributed by atoms with Crippen molar-refractivity contribution in [3.8, 4) is 0 Å². The van der Waals surface area contributed by atoms with E-state index in [4.69, 9.17) is 4.74 Å². The van der Waals surface area contributed by atoms with Gasteiger partial charge < -0.3 is 9.64 Å². The molecule has 0 radical (unpaired) electrons. The Kier molecular flexibility index (Phi) is 2.35. The first-order valence-corrected chi connectivity index (χ1v) is 5.98. The van der Waals surface area contributed by atoms with E-state index in [0.29, 0.717) is 18.9 Å². The number of carbonyl (C=O) groups excluding carboxylic acids is 2. The zero-order chi connectivity index (χ0) is 11.1. The van der Waals surface area contributed by atoms with Crippen LogP contribution in [0.4, 0.5) is 4.79 Å². The summed E-state index contributed by atoms with van der Waals surface area (Å²) >= 11 is 0. The first-order chi connectivity index (χ1) is 7.75. The van der Waals surface area contributed by atoms with Crippen molar-refractivity contribution in [3.05, 3.63) is 0 Å². The largest absolute Gasteiger partial charge is 0.376 e. The van der Waals surface area contributed by atoms with Crippen LogP contribution in [0.2, 0.25) is 0 Å². The van der Waals surface area contributed by atoms with Gasteiger partial charge in [0, 0.05) is 19.6 Å². The third kappa shape index (κ3) is 1.69. The van der Waals surface area contributed by atoms with Crippen molar-refractivity contribution in [2.45, 2.75) is 37.8 Å². The summed E-state index contributed by atoms with van der Waals surface area (Å²) in [7, 11) is 0. The second-order valence-corrected chi connectivity index (χ2v) is 4.83. The molecule has 1 N–H and O–H groups in total. The van der Waals surface area contributed by atoms with Crippen LogP contribution >= 0.6 is 0 Å². The fraction of sp³-hybridized carbons (Fsp3) is 0.818. The summed E-state index contributed by atoms with van der Waals surface area (Å²) in [6, 6.07) is -0.0574. The van der Waals surface area contributed by atoms with Crippen LogP contribution in [0, 0.1) is 5.92 Å². The maximum atomic E-state index is 11.7. The highest BCUT2D eigenvalue weighted by atomic mass is 16.5. The van der Waals surface area contributed by atoms with Crippen molar-refractivity contribution >= 4 is 11.9 Å². The van der Waals surface area contributed by atoms with Crippen LogP contribution < -0.4 is 5.32 Å². The second kappa shape index (κ2) is 3.73. The highest BCUT2D eigenvalue weighted by molar-refractivity contribution is 5.96. The third-order valence-electron chi connectivity index (χ3n) is 3.68. The minimum absolute atomic E-state index is 0.164. The van der Waals surface area contributed by atoms with Crippen LogP contribution in [0.15, 0.2) is 0 Å². The number of hydrogen-bond donors (Lipinski definition) is 1. The minimum atomic E-state index is -0.239. The van der Waals surface area contributed by atoms with E-state index in [1.54, 1.807) is 4.90 Å². The number of hydrogen-bond acceptors (Lipinski definition) is 3. The van der Waals surface area contributed by atoms with E-state index in [1.807, 2.05) is 0 Å². The van der Waals surface area contributed by atoms with Gasteiger partial charge in [-0.2, -0.15) is 0 Å². The third-order valence-corrected chi connectivity index (χ3v) is 3.68. The molecule has 0 aromatic heterocycles. The molecule has 0 spiro atoms. The number of ether oxygens (including phenoxy) is 1. The van der Waals surface area contributed by atoms with E-state index < -0.39 is 0 Å². The summed E-state index contributed by atoms with van der Waals surface area (Å²) in [6.07, 6.45) is 3.96. The zero-order valence-corrected chi connectivity index (χ0v) is 9.15. The molecule has 1 aliphatic carbocycles. The van der Waals surface area contributed by atoms with Gasteiger partial charge in [-0.05, 0) is 25.2 Å². The van der Waals surface area contributed by atoms with E-state index in [1.165, 1.54) is 12.8 Å². The lowest BCUT2D eigenvalue weighted by molar-refractivity contribution is -0.121. The molecular weight excluding hydrogens is 208 g/mol. The highest BCUT2D eigenvalue weighted by Crippen LogP contribution is 2.40. The van der Waals surface area contributed by atoms with Gasteiger partial charge in [-0.15, -0.1) is 0 Å². The molecule has 0 aromatic carbocycles. The molecule has 2 unspecified atom stereocenters. The van der Waals surface area contributed by atoms with Gasteiger partial charge in [0.05, 0.1) is 12.1 Å². The van der Waals surface area contributed by atoms with Crippen molar-refractivity contribution in [1.29, 1.82) is 0 Å². The molecule has 88 valence electrons.